The van der Waals surface area contributed by atoms with Gasteiger partial charge >= 0.3 is 5.69 Å². The van der Waals surface area contributed by atoms with Crippen molar-refractivity contribution in [2.75, 3.05) is 32.2 Å². The highest BCUT2D eigenvalue weighted by molar-refractivity contribution is 7.86. The Balaban J connectivity index is 1.19. The molecule has 3 aromatic rings. The molecule has 6 rings (SSSR count). The Morgan fingerprint density at radius 3 is 2.85 bits per heavy atom. The molecule has 3 aliphatic heterocycles. The van der Waals surface area contributed by atoms with Crippen molar-refractivity contribution < 1.29 is 23.2 Å². The molecule has 1 saturated heterocycles. The molecule has 0 bridgehead atoms. The van der Waals surface area contributed by atoms with Gasteiger partial charge in [0.1, 0.15) is 13.2 Å². The Labute approximate surface area is 235 Å². The minimum Gasteiger partial charge on any atom is -0.478 e. The molecule has 2 atom stereocenters. The summed E-state index contributed by atoms with van der Waals surface area (Å²) in [6.45, 7) is 7.95. The number of pyridine rings is 1. The van der Waals surface area contributed by atoms with Crippen LogP contribution < -0.4 is 19.9 Å². The van der Waals surface area contributed by atoms with E-state index in [-0.39, 0.29) is 34.4 Å². The average Bonchev–Trinajstić information content (AvgIpc) is 2.92. The predicted molar refractivity (Wildman–Crippen MR) is 150 cm³/mol. The highest BCUT2D eigenvalue weighted by Gasteiger charge is 2.41. The lowest BCUT2D eigenvalue weighted by Crippen LogP contribution is -2.47. The molecule has 208 valence electrons. The number of nitrogens with zero attached hydrogens (tertiary/aromatic N) is 3. The van der Waals surface area contributed by atoms with Crippen LogP contribution in [-0.4, -0.2) is 61.8 Å². The first-order chi connectivity index (χ1) is 19.2. The van der Waals surface area contributed by atoms with E-state index in [2.05, 4.69) is 27.9 Å². The van der Waals surface area contributed by atoms with Gasteiger partial charge in [-0.3, -0.25) is 8.78 Å². The molecule has 10 heteroatoms. The van der Waals surface area contributed by atoms with Crippen LogP contribution >= 0.6 is 0 Å². The van der Waals surface area contributed by atoms with E-state index >= 15 is 0 Å². The van der Waals surface area contributed by atoms with Crippen molar-refractivity contribution in [1.29, 1.82) is 0 Å². The maximum atomic E-state index is 12.8. The fourth-order valence-corrected chi connectivity index (χ4v) is 5.96. The van der Waals surface area contributed by atoms with Gasteiger partial charge in [0, 0.05) is 51.2 Å². The molecule has 0 amide bonds. The Morgan fingerprint density at radius 2 is 2.08 bits per heavy atom. The largest absolute Gasteiger partial charge is 0.478 e. The summed E-state index contributed by atoms with van der Waals surface area (Å²) in [5.74, 6) is 8.44. The van der Waals surface area contributed by atoms with E-state index in [1.807, 2.05) is 32.9 Å². The predicted octanol–water partition coefficient (Wildman–Crippen LogP) is 3.00. The molecule has 2 aromatic heterocycles. The third-order valence-electron chi connectivity index (χ3n) is 7.15. The van der Waals surface area contributed by atoms with Gasteiger partial charge < -0.3 is 18.9 Å². The van der Waals surface area contributed by atoms with Crippen LogP contribution in [0.2, 0.25) is 0 Å². The van der Waals surface area contributed by atoms with E-state index in [0.29, 0.717) is 50.2 Å². The molecule has 0 spiro atoms. The van der Waals surface area contributed by atoms with Gasteiger partial charge in [0.25, 0.3) is 5.88 Å². The first kappa shape index (κ1) is 26.5. The van der Waals surface area contributed by atoms with Crippen LogP contribution in [0.25, 0.3) is 11.3 Å². The fourth-order valence-electron chi connectivity index (χ4n) is 4.79. The summed E-state index contributed by atoms with van der Waals surface area (Å²) < 4.78 is 37.0. The second-order valence-corrected chi connectivity index (χ2v) is 13.5. The van der Waals surface area contributed by atoms with Crippen LogP contribution in [-0.2, 0) is 28.5 Å². The number of benzene rings is 1. The average molecular weight is 562 g/mol. The molecule has 0 aliphatic carbocycles. The van der Waals surface area contributed by atoms with Gasteiger partial charge in [0.2, 0.25) is 5.88 Å². The lowest BCUT2D eigenvalue weighted by Gasteiger charge is -2.38. The number of hydrogen-bond donors (Lipinski definition) is 0. The second-order valence-electron chi connectivity index (χ2n) is 11.3. The molecule has 2 unspecified atom stereocenters. The van der Waals surface area contributed by atoms with Crippen molar-refractivity contribution in [3.05, 3.63) is 64.2 Å². The third-order valence-corrected chi connectivity index (χ3v) is 9.33. The summed E-state index contributed by atoms with van der Waals surface area (Å²) in [7, 11) is -1.01. The normalized spacial score (nSPS) is 19.2. The van der Waals surface area contributed by atoms with E-state index in [4.69, 9.17) is 18.9 Å². The van der Waals surface area contributed by atoms with E-state index in [1.54, 1.807) is 29.0 Å². The Kier molecular flexibility index (Phi) is 6.88. The monoisotopic (exact) mass is 561 g/mol. The van der Waals surface area contributed by atoms with Gasteiger partial charge in [0.15, 0.2) is 11.9 Å². The van der Waals surface area contributed by atoms with E-state index < -0.39 is 10.8 Å². The smallest absolute Gasteiger partial charge is 0.351 e. The second kappa shape index (κ2) is 10.4. The Bertz CT molecular complexity index is 1600. The van der Waals surface area contributed by atoms with Crippen molar-refractivity contribution >= 4 is 10.8 Å². The van der Waals surface area contributed by atoms with Gasteiger partial charge in [0.05, 0.1) is 24.3 Å². The van der Waals surface area contributed by atoms with Gasteiger partial charge in [-0.25, -0.2) is 9.78 Å². The quantitative estimate of drug-likeness (QED) is 0.439. The Morgan fingerprint density at radius 1 is 1.23 bits per heavy atom. The van der Waals surface area contributed by atoms with Crippen molar-refractivity contribution in [3.63, 3.8) is 0 Å². The zero-order chi connectivity index (χ0) is 27.9. The minimum absolute atomic E-state index is 0.178. The van der Waals surface area contributed by atoms with Gasteiger partial charge in [-0.15, -0.1) is 0 Å². The number of aryl methyl sites for hydroxylation is 1. The van der Waals surface area contributed by atoms with Crippen LogP contribution in [0.15, 0.2) is 47.4 Å². The van der Waals surface area contributed by atoms with E-state index in [0.717, 1.165) is 22.4 Å². The third kappa shape index (κ3) is 5.36. The van der Waals surface area contributed by atoms with E-state index in [9.17, 15) is 9.00 Å². The van der Waals surface area contributed by atoms with Gasteiger partial charge in [-0.2, -0.15) is 4.98 Å². The molecule has 0 saturated carbocycles. The molecular formula is C30H31N3O6S. The highest BCUT2D eigenvalue weighted by Crippen LogP contribution is 2.33. The molecule has 5 heterocycles. The lowest BCUT2D eigenvalue weighted by molar-refractivity contribution is -0.0624. The highest BCUT2D eigenvalue weighted by atomic mass is 32.2. The maximum absolute atomic E-state index is 12.8. The summed E-state index contributed by atoms with van der Waals surface area (Å²) in [4.78, 5) is 21.1. The minimum atomic E-state index is -1.01. The number of aromatic nitrogens is 3. The Hall–Kier alpha value is -3.68. The zero-order valence-corrected chi connectivity index (χ0v) is 23.6. The van der Waals surface area contributed by atoms with Crippen LogP contribution in [0.1, 0.15) is 31.9 Å². The summed E-state index contributed by atoms with van der Waals surface area (Å²) in [6.07, 6.45) is 1.99. The van der Waals surface area contributed by atoms with Gasteiger partial charge in [-0.1, -0.05) is 17.9 Å². The zero-order valence-electron chi connectivity index (χ0n) is 22.8. The standard InChI is InChI=1S/C30H31N3O6S/c1-29(2,3)40(35)19-30(17-36-18-30)10-8-20-6-7-23-21(13-20)9-12-33-24(23)14-26(32-28(33)34)37-15-22-16-38-27-25(39-22)5-4-11-31-27/h4-7,11,13-14,22H,9,12,15-19H2,1-3H3. The molecule has 9 nitrogen and oxygen atoms in total. The van der Waals surface area contributed by atoms with Crippen LogP contribution in [0.3, 0.4) is 0 Å². The molecular weight excluding hydrogens is 530 g/mol. The molecule has 1 aromatic carbocycles. The van der Waals surface area contributed by atoms with Crippen molar-refractivity contribution in [3.8, 4) is 40.6 Å². The van der Waals surface area contributed by atoms with Crippen LogP contribution in [0.5, 0.6) is 17.5 Å². The maximum Gasteiger partial charge on any atom is 0.351 e. The summed E-state index contributed by atoms with van der Waals surface area (Å²) in [5.41, 5.74) is 2.98. The number of hydrogen-bond acceptors (Lipinski definition) is 8. The lowest BCUT2D eigenvalue weighted by atomic mass is 9.88. The topological polar surface area (TPSA) is 102 Å². The molecule has 1 fully saturated rings. The fraction of sp³-hybridized carbons (Fsp3) is 0.433. The van der Waals surface area contributed by atoms with Crippen molar-refractivity contribution in [2.45, 2.75) is 44.6 Å². The first-order valence-electron chi connectivity index (χ1n) is 13.3. The van der Waals surface area contributed by atoms with E-state index in [1.165, 1.54) is 0 Å². The molecule has 3 aliphatic rings. The van der Waals surface area contributed by atoms with Crippen LogP contribution in [0.4, 0.5) is 0 Å². The molecule has 0 radical (unpaired) electrons. The number of rotatable bonds is 5. The molecule has 0 N–H and O–H groups in total. The molecule has 40 heavy (non-hydrogen) atoms. The van der Waals surface area contributed by atoms with Gasteiger partial charge in [-0.05, 0) is 57.0 Å². The summed E-state index contributed by atoms with van der Waals surface area (Å²) >= 11 is 0. The summed E-state index contributed by atoms with van der Waals surface area (Å²) in [6, 6.07) is 11.4. The van der Waals surface area contributed by atoms with Crippen LogP contribution in [0, 0.1) is 17.3 Å². The summed E-state index contributed by atoms with van der Waals surface area (Å²) in [5, 5.41) is 0. The number of fused-ring (bicyclic) bond motifs is 4. The van der Waals surface area contributed by atoms with Crippen molar-refractivity contribution in [2.24, 2.45) is 5.41 Å². The number of ether oxygens (including phenoxy) is 4. The SMILES string of the molecule is CC(C)(C)S(=O)CC1(C#Cc2ccc3c(c2)CCn2c-3cc(OCC3COc4ncccc4O3)nc2=O)COC1. The van der Waals surface area contributed by atoms with Crippen molar-refractivity contribution in [1.82, 2.24) is 14.5 Å². The first-order valence-corrected chi connectivity index (χ1v) is 14.6.